The summed E-state index contributed by atoms with van der Waals surface area (Å²) in [5.74, 6) is 0. The molecule has 0 unspecified atom stereocenters. The summed E-state index contributed by atoms with van der Waals surface area (Å²) in [7, 11) is -0.257. The summed E-state index contributed by atoms with van der Waals surface area (Å²) in [5.41, 5.74) is 1.23. The van der Waals surface area contributed by atoms with E-state index in [0.29, 0.717) is 5.69 Å². The van der Waals surface area contributed by atoms with Gasteiger partial charge in [0.05, 0.1) is 17.9 Å². The molecule has 7 nitrogen and oxygen atoms in total. The lowest BCUT2D eigenvalue weighted by atomic mass is 10.4. The summed E-state index contributed by atoms with van der Waals surface area (Å²) in [4.78, 5) is 3.91. The minimum atomic E-state index is -3.66. The van der Waals surface area contributed by atoms with E-state index in [-0.39, 0.29) is 11.6 Å². The number of hydrogen-bond donors (Lipinski definition) is 2. The lowest BCUT2D eigenvalue weighted by Gasteiger charge is -2.09. The van der Waals surface area contributed by atoms with E-state index >= 15 is 0 Å². The Hall–Kier alpha value is -1.93. The molecule has 0 bridgehead atoms. The van der Waals surface area contributed by atoms with E-state index in [0.717, 1.165) is 5.69 Å². The number of aromatic nitrogens is 3. The summed E-state index contributed by atoms with van der Waals surface area (Å²) in [6.07, 6.45) is 3.06. The molecule has 0 aliphatic rings. The third-order valence-electron chi connectivity index (χ3n) is 2.66. The van der Waals surface area contributed by atoms with Crippen LogP contribution in [0.5, 0.6) is 0 Å². The van der Waals surface area contributed by atoms with Gasteiger partial charge in [-0.1, -0.05) is 0 Å². The van der Waals surface area contributed by atoms with Crippen molar-refractivity contribution in [1.29, 1.82) is 0 Å². The minimum Gasteiger partial charge on any atom is -0.386 e. The second-order valence-electron chi connectivity index (χ2n) is 3.88. The van der Waals surface area contributed by atoms with Crippen LogP contribution in [0.2, 0.25) is 0 Å². The van der Waals surface area contributed by atoms with Crippen molar-refractivity contribution in [2.24, 2.45) is 7.05 Å². The van der Waals surface area contributed by atoms with Gasteiger partial charge in [0, 0.05) is 26.5 Å². The Kier molecular flexibility index (Phi) is 3.82. The molecular formula is C11H15N5O2S. The maximum Gasteiger partial charge on any atom is 0.260 e. The van der Waals surface area contributed by atoms with Gasteiger partial charge in [0.25, 0.3) is 10.0 Å². The van der Waals surface area contributed by atoms with Crippen LogP contribution in [0.25, 0.3) is 0 Å². The van der Waals surface area contributed by atoms with E-state index < -0.39 is 10.0 Å². The van der Waals surface area contributed by atoms with Gasteiger partial charge >= 0.3 is 0 Å². The van der Waals surface area contributed by atoms with Crippen LogP contribution in [0.3, 0.4) is 0 Å². The summed E-state index contributed by atoms with van der Waals surface area (Å²) in [5, 5.41) is 6.77. The van der Waals surface area contributed by atoms with Crippen LogP contribution in [0.4, 0.5) is 5.69 Å². The highest BCUT2D eigenvalue weighted by atomic mass is 32.2. The Morgan fingerprint density at radius 2 is 2.11 bits per heavy atom. The van der Waals surface area contributed by atoms with Gasteiger partial charge in [-0.2, -0.15) is 5.10 Å². The van der Waals surface area contributed by atoms with Crippen molar-refractivity contribution in [3.05, 3.63) is 36.3 Å². The molecule has 102 valence electrons. The Balaban J connectivity index is 2.21. The molecule has 0 aliphatic heterocycles. The first-order chi connectivity index (χ1) is 9.04. The summed E-state index contributed by atoms with van der Waals surface area (Å²) >= 11 is 0. The summed E-state index contributed by atoms with van der Waals surface area (Å²) < 4.78 is 28.5. The number of hydrogen-bond acceptors (Lipinski definition) is 5. The minimum absolute atomic E-state index is 0.0142. The predicted octanol–water partition coefficient (Wildman–Crippen LogP) is 0.335. The normalized spacial score (nSPS) is 11.5. The zero-order valence-electron chi connectivity index (χ0n) is 10.7. The molecule has 0 spiro atoms. The summed E-state index contributed by atoms with van der Waals surface area (Å²) in [6, 6.07) is 5.08. The predicted molar refractivity (Wildman–Crippen MR) is 71.0 cm³/mol. The van der Waals surface area contributed by atoms with Crippen molar-refractivity contribution in [3.63, 3.8) is 0 Å². The number of nitrogens with zero attached hydrogens (tertiary/aromatic N) is 3. The van der Waals surface area contributed by atoms with Gasteiger partial charge in [0.15, 0.2) is 5.03 Å². The lowest BCUT2D eigenvalue weighted by molar-refractivity contribution is 0.574. The van der Waals surface area contributed by atoms with Gasteiger partial charge < -0.3 is 5.32 Å². The fourth-order valence-corrected chi connectivity index (χ4v) is 2.74. The molecular weight excluding hydrogens is 266 g/mol. The molecule has 0 radical (unpaired) electrons. The highest BCUT2D eigenvalue weighted by molar-refractivity contribution is 7.89. The average molecular weight is 281 g/mol. The molecule has 0 aliphatic carbocycles. The molecule has 2 rings (SSSR count). The average Bonchev–Trinajstić information content (AvgIpc) is 2.82. The SMILES string of the molecule is CNc1cccnc1S(=O)(=O)NCc1ccnn1C. The number of aryl methyl sites for hydroxylation is 1. The third-order valence-corrected chi connectivity index (χ3v) is 4.02. The number of pyridine rings is 1. The molecule has 0 fully saturated rings. The van der Waals surface area contributed by atoms with Crippen molar-refractivity contribution >= 4 is 15.7 Å². The number of rotatable bonds is 5. The van der Waals surface area contributed by atoms with Crippen molar-refractivity contribution in [2.45, 2.75) is 11.6 Å². The molecule has 0 saturated carbocycles. The third kappa shape index (κ3) is 2.91. The van der Waals surface area contributed by atoms with E-state index in [1.807, 2.05) is 0 Å². The number of nitrogens with one attached hydrogen (secondary N) is 2. The zero-order valence-corrected chi connectivity index (χ0v) is 11.5. The largest absolute Gasteiger partial charge is 0.386 e. The van der Waals surface area contributed by atoms with Crippen LogP contribution in [0.15, 0.2) is 35.6 Å². The Labute approximate surface area is 111 Å². The molecule has 2 heterocycles. The Bertz CT molecular complexity index is 665. The number of anilines is 1. The fourth-order valence-electron chi connectivity index (χ4n) is 1.61. The van der Waals surface area contributed by atoms with Crippen molar-refractivity contribution < 1.29 is 8.42 Å². The van der Waals surface area contributed by atoms with Gasteiger partial charge in [0.2, 0.25) is 0 Å². The fraction of sp³-hybridized carbons (Fsp3) is 0.273. The van der Waals surface area contributed by atoms with Gasteiger partial charge in [-0.3, -0.25) is 4.68 Å². The van der Waals surface area contributed by atoms with Crippen LogP contribution in [0, 0.1) is 0 Å². The van der Waals surface area contributed by atoms with Gasteiger partial charge in [-0.15, -0.1) is 0 Å². The first-order valence-electron chi connectivity index (χ1n) is 5.64. The first kappa shape index (κ1) is 13.5. The van der Waals surface area contributed by atoms with E-state index in [1.165, 1.54) is 6.20 Å². The van der Waals surface area contributed by atoms with Gasteiger partial charge in [0.1, 0.15) is 0 Å². The van der Waals surface area contributed by atoms with E-state index in [1.54, 1.807) is 43.2 Å². The second-order valence-corrected chi connectivity index (χ2v) is 5.56. The molecule has 2 aromatic rings. The van der Waals surface area contributed by atoms with Gasteiger partial charge in [-0.05, 0) is 18.2 Å². The Morgan fingerprint density at radius 3 is 2.74 bits per heavy atom. The van der Waals surface area contributed by atoms with Crippen molar-refractivity contribution in [1.82, 2.24) is 19.5 Å². The van der Waals surface area contributed by atoms with Crippen LogP contribution in [-0.4, -0.2) is 30.2 Å². The van der Waals surface area contributed by atoms with Crippen LogP contribution in [-0.2, 0) is 23.6 Å². The van der Waals surface area contributed by atoms with Crippen molar-refractivity contribution in [2.75, 3.05) is 12.4 Å². The maximum atomic E-state index is 12.2. The van der Waals surface area contributed by atoms with Crippen LogP contribution < -0.4 is 10.0 Å². The van der Waals surface area contributed by atoms with E-state index in [9.17, 15) is 8.42 Å². The highest BCUT2D eigenvalue weighted by Crippen LogP contribution is 2.17. The molecule has 0 saturated heterocycles. The number of sulfonamides is 1. The molecule has 8 heteroatoms. The molecule has 0 atom stereocenters. The first-order valence-corrected chi connectivity index (χ1v) is 7.12. The van der Waals surface area contributed by atoms with E-state index in [2.05, 4.69) is 20.1 Å². The molecule has 2 aromatic heterocycles. The molecule has 2 N–H and O–H groups in total. The lowest BCUT2D eigenvalue weighted by Crippen LogP contribution is -2.26. The maximum absolute atomic E-state index is 12.2. The van der Waals surface area contributed by atoms with Crippen LogP contribution >= 0.6 is 0 Å². The molecule has 19 heavy (non-hydrogen) atoms. The monoisotopic (exact) mass is 281 g/mol. The van der Waals surface area contributed by atoms with Gasteiger partial charge in [-0.25, -0.2) is 18.1 Å². The molecule has 0 amide bonds. The Morgan fingerprint density at radius 1 is 1.32 bits per heavy atom. The van der Waals surface area contributed by atoms with E-state index in [4.69, 9.17) is 0 Å². The van der Waals surface area contributed by atoms with Crippen molar-refractivity contribution in [3.8, 4) is 0 Å². The zero-order chi connectivity index (χ0) is 13.9. The topological polar surface area (TPSA) is 88.9 Å². The quantitative estimate of drug-likeness (QED) is 0.824. The molecule has 0 aromatic carbocycles. The highest BCUT2D eigenvalue weighted by Gasteiger charge is 2.19. The second kappa shape index (κ2) is 5.37. The summed E-state index contributed by atoms with van der Waals surface area (Å²) in [6.45, 7) is 0.165. The smallest absolute Gasteiger partial charge is 0.260 e. The standard InChI is InChI=1S/C11H15N5O2S/c1-12-10-4-3-6-13-11(10)19(17,18)15-8-9-5-7-14-16(9)2/h3-7,12,15H,8H2,1-2H3. The van der Waals surface area contributed by atoms with Crippen LogP contribution in [0.1, 0.15) is 5.69 Å².